The number of methoxy groups -OCH3 is 1. The molecule has 1 aliphatic heterocycles. The van der Waals surface area contributed by atoms with Gasteiger partial charge in [0.25, 0.3) is 0 Å². The molecule has 1 N–H and O–H groups in total. The van der Waals surface area contributed by atoms with Crippen molar-refractivity contribution in [2.45, 2.75) is 31.7 Å². The number of carbonyl (C=O) groups is 2. The fourth-order valence-corrected chi connectivity index (χ4v) is 5.16. The Bertz CT molecular complexity index is 1300. The normalized spacial score (nSPS) is 19.6. The predicted octanol–water partition coefficient (Wildman–Crippen LogP) is 6.27. The van der Waals surface area contributed by atoms with E-state index in [-0.39, 0.29) is 17.6 Å². The number of anilines is 2. The highest BCUT2D eigenvalue weighted by Crippen LogP contribution is 2.47. The number of ketones is 1. The number of amides is 1. The van der Waals surface area contributed by atoms with Crippen LogP contribution in [-0.4, -0.2) is 18.8 Å². The predicted molar refractivity (Wildman–Crippen MR) is 134 cm³/mol. The summed E-state index contributed by atoms with van der Waals surface area (Å²) in [5, 5.41) is 4.19. The standard InChI is InChI=1S/C28H25ClN2O3/c1-17(32)31-25-9-4-3-8-23(25)30-24-15-20(18-10-12-21(29)13-11-18)16-26(33)27(24)28(31)19-6-5-7-22(14-19)34-2/h3-14,20,28,30H,15-16H2,1-2H3/t20-,28-/m1/s1. The highest BCUT2D eigenvalue weighted by atomic mass is 35.5. The van der Waals surface area contributed by atoms with Gasteiger partial charge in [-0.3, -0.25) is 14.5 Å². The minimum absolute atomic E-state index is 0.0259. The first-order valence-electron chi connectivity index (χ1n) is 11.3. The maximum absolute atomic E-state index is 13.8. The van der Waals surface area contributed by atoms with Crippen LogP contribution in [-0.2, 0) is 9.59 Å². The van der Waals surface area contributed by atoms with Crippen molar-refractivity contribution in [1.82, 2.24) is 0 Å². The molecule has 0 unspecified atom stereocenters. The van der Waals surface area contributed by atoms with Gasteiger partial charge in [0.2, 0.25) is 5.91 Å². The lowest BCUT2D eigenvalue weighted by atomic mass is 9.78. The van der Waals surface area contributed by atoms with Gasteiger partial charge in [-0.2, -0.15) is 0 Å². The Labute approximate surface area is 204 Å². The van der Waals surface area contributed by atoms with E-state index in [0.717, 1.165) is 28.2 Å². The van der Waals surface area contributed by atoms with Gasteiger partial charge in [0.1, 0.15) is 5.75 Å². The van der Waals surface area contributed by atoms with Crippen LogP contribution in [0.15, 0.2) is 84.1 Å². The molecule has 2 aliphatic rings. The van der Waals surface area contributed by atoms with Crippen LogP contribution in [0.2, 0.25) is 5.02 Å². The van der Waals surface area contributed by atoms with Gasteiger partial charge in [0.05, 0.1) is 24.5 Å². The Balaban J connectivity index is 1.70. The molecule has 0 fully saturated rings. The second-order valence-corrected chi connectivity index (χ2v) is 9.12. The fourth-order valence-electron chi connectivity index (χ4n) is 5.04. The largest absolute Gasteiger partial charge is 0.497 e. The summed E-state index contributed by atoms with van der Waals surface area (Å²) in [6, 6.07) is 22.4. The van der Waals surface area contributed by atoms with Crippen LogP contribution in [0.3, 0.4) is 0 Å². The molecule has 0 saturated carbocycles. The minimum atomic E-state index is -0.558. The van der Waals surface area contributed by atoms with Gasteiger partial charge in [-0.25, -0.2) is 0 Å². The van der Waals surface area contributed by atoms with E-state index in [1.165, 1.54) is 0 Å². The summed E-state index contributed by atoms with van der Waals surface area (Å²) in [7, 11) is 1.61. The molecule has 5 nitrogen and oxygen atoms in total. The third-order valence-corrected chi connectivity index (χ3v) is 6.83. The molecule has 3 aromatic rings. The second-order valence-electron chi connectivity index (χ2n) is 8.68. The summed E-state index contributed by atoms with van der Waals surface area (Å²) in [4.78, 5) is 28.6. The number of nitrogens with zero attached hydrogens (tertiary/aromatic N) is 1. The average molecular weight is 473 g/mol. The maximum Gasteiger partial charge on any atom is 0.224 e. The average Bonchev–Trinajstić information content (AvgIpc) is 2.99. The third kappa shape index (κ3) is 3.97. The van der Waals surface area contributed by atoms with Crippen molar-refractivity contribution in [2.75, 3.05) is 17.3 Å². The number of rotatable bonds is 3. The number of benzene rings is 3. The lowest BCUT2D eigenvalue weighted by molar-refractivity contribution is -0.117. The van der Waals surface area contributed by atoms with Gasteiger partial charge in [0, 0.05) is 29.6 Å². The molecule has 0 bridgehead atoms. The molecule has 0 aromatic heterocycles. The lowest BCUT2D eigenvalue weighted by Gasteiger charge is -2.34. The zero-order valence-corrected chi connectivity index (χ0v) is 19.8. The number of hydrogen-bond acceptors (Lipinski definition) is 4. The quantitative estimate of drug-likeness (QED) is 0.488. The number of Topliss-reactive ketones (excluding diaryl/α,β-unsaturated/α-hetero) is 1. The molecule has 1 heterocycles. The van der Waals surface area contributed by atoms with E-state index in [9.17, 15) is 9.59 Å². The summed E-state index contributed by atoms with van der Waals surface area (Å²) >= 11 is 6.09. The van der Waals surface area contributed by atoms with Crippen molar-refractivity contribution in [3.8, 4) is 5.75 Å². The summed E-state index contributed by atoms with van der Waals surface area (Å²) in [5.41, 5.74) is 4.93. The molecule has 0 saturated heterocycles. The third-order valence-electron chi connectivity index (χ3n) is 6.58. The Morgan fingerprint density at radius 2 is 1.76 bits per heavy atom. The highest BCUT2D eigenvalue weighted by Gasteiger charge is 2.40. The van der Waals surface area contributed by atoms with Gasteiger partial charge in [-0.05, 0) is 59.9 Å². The summed E-state index contributed by atoms with van der Waals surface area (Å²) in [5.74, 6) is 0.595. The number of ether oxygens (including phenoxy) is 1. The molecule has 1 amide bonds. The van der Waals surface area contributed by atoms with Crippen molar-refractivity contribution in [1.29, 1.82) is 0 Å². The molecule has 5 rings (SSSR count). The number of nitrogens with one attached hydrogen (secondary N) is 1. The van der Waals surface area contributed by atoms with E-state index in [1.54, 1.807) is 18.9 Å². The molecule has 6 heteroatoms. The minimum Gasteiger partial charge on any atom is -0.497 e. The molecule has 0 spiro atoms. The van der Waals surface area contributed by atoms with Crippen molar-refractivity contribution in [3.63, 3.8) is 0 Å². The topological polar surface area (TPSA) is 58.6 Å². The summed E-state index contributed by atoms with van der Waals surface area (Å²) in [6.45, 7) is 1.54. The Morgan fingerprint density at radius 3 is 2.50 bits per heavy atom. The van der Waals surface area contributed by atoms with Crippen LogP contribution in [0.1, 0.15) is 42.9 Å². The van der Waals surface area contributed by atoms with E-state index in [1.807, 2.05) is 72.8 Å². The van der Waals surface area contributed by atoms with Crippen molar-refractivity contribution < 1.29 is 14.3 Å². The van der Waals surface area contributed by atoms with Gasteiger partial charge in [-0.15, -0.1) is 0 Å². The molecule has 34 heavy (non-hydrogen) atoms. The number of fused-ring (bicyclic) bond motifs is 1. The highest BCUT2D eigenvalue weighted by molar-refractivity contribution is 6.30. The number of allylic oxidation sites excluding steroid dienone is 1. The van der Waals surface area contributed by atoms with E-state index in [4.69, 9.17) is 16.3 Å². The van der Waals surface area contributed by atoms with E-state index >= 15 is 0 Å². The van der Waals surface area contributed by atoms with Crippen LogP contribution < -0.4 is 15.0 Å². The first kappa shape index (κ1) is 22.2. The monoisotopic (exact) mass is 472 g/mol. The van der Waals surface area contributed by atoms with E-state index in [0.29, 0.717) is 29.2 Å². The molecule has 3 aromatic carbocycles. The molecule has 1 aliphatic carbocycles. The summed E-state index contributed by atoms with van der Waals surface area (Å²) < 4.78 is 5.46. The number of carbonyl (C=O) groups excluding carboxylic acids is 2. The molecular weight excluding hydrogens is 448 g/mol. The van der Waals surface area contributed by atoms with Crippen molar-refractivity contribution in [2.24, 2.45) is 0 Å². The second kappa shape index (κ2) is 8.99. The number of halogens is 1. The van der Waals surface area contributed by atoms with Gasteiger partial charge in [0.15, 0.2) is 5.78 Å². The number of para-hydroxylation sites is 2. The van der Waals surface area contributed by atoms with Gasteiger partial charge in [-0.1, -0.05) is 48.0 Å². The molecule has 2 atom stereocenters. The fraction of sp³-hybridized carbons (Fsp3) is 0.214. The summed E-state index contributed by atoms with van der Waals surface area (Å²) in [6.07, 6.45) is 1.02. The van der Waals surface area contributed by atoms with Gasteiger partial charge < -0.3 is 10.1 Å². The molecular formula is C28H25ClN2O3. The molecule has 172 valence electrons. The zero-order chi connectivity index (χ0) is 23.8. The zero-order valence-electron chi connectivity index (χ0n) is 19.0. The van der Waals surface area contributed by atoms with Crippen molar-refractivity contribution in [3.05, 3.63) is 100 Å². The Morgan fingerprint density at radius 1 is 1.00 bits per heavy atom. The van der Waals surface area contributed by atoms with Crippen LogP contribution in [0.25, 0.3) is 0 Å². The van der Waals surface area contributed by atoms with Gasteiger partial charge >= 0.3 is 0 Å². The van der Waals surface area contributed by atoms with E-state index in [2.05, 4.69) is 5.32 Å². The first-order valence-corrected chi connectivity index (χ1v) is 11.7. The van der Waals surface area contributed by atoms with Crippen LogP contribution in [0.5, 0.6) is 5.75 Å². The smallest absolute Gasteiger partial charge is 0.224 e. The van der Waals surface area contributed by atoms with Crippen molar-refractivity contribution >= 4 is 34.7 Å². The van der Waals surface area contributed by atoms with Crippen LogP contribution in [0.4, 0.5) is 11.4 Å². The SMILES string of the molecule is COc1cccc([C@@H]2C3=C(C[C@@H](c4ccc(Cl)cc4)CC3=O)Nc3ccccc3N2C(C)=O)c1. The Hall–Kier alpha value is -3.57. The van der Waals surface area contributed by atoms with Crippen LogP contribution >= 0.6 is 11.6 Å². The lowest BCUT2D eigenvalue weighted by Crippen LogP contribution is -2.37. The Kier molecular flexibility index (Phi) is 5.88. The van der Waals surface area contributed by atoms with Crippen LogP contribution in [0, 0.1) is 0 Å². The molecule has 0 radical (unpaired) electrons. The number of hydrogen-bond donors (Lipinski definition) is 1. The first-order chi connectivity index (χ1) is 16.5. The van der Waals surface area contributed by atoms with E-state index < -0.39 is 6.04 Å². The maximum atomic E-state index is 13.8.